The van der Waals surface area contributed by atoms with Crippen LogP contribution in [0.4, 0.5) is 0 Å². The van der Waals surface area contributed by atoms with Crippen molar-refractivity contribution in [1.29, 1.82) is 0 Å². The van der Waals surface area contributed by atoms with Gasteiger partial charge < -0.3 is 4.57 Å². The molecule has 6 heteroatoms. The Labute approximate surface area is 158 Å². The molecular weight excluding hydrogens is 342 g/mol. The minimum Gasteiger partial charge on any atom is -0.311 e. The highest BCUT2D eigenvalue weighted by molar-refractivity contribution is 7.98. The van der Waals surface area contributed by atoms with E-state index in [9.17, 15) is 0 Å². The van der Waals surface area contributed by atoms with E-state index in [1.807, 2.05) is 19.9 Å². The number of aromatic nitrogens is 5. The highest BCUT2D eigenvalue weighted by Gasteiger charge is 2.15. The zero-order valence-corrected chi connectivity index (χ0v) is 16.1. The SMILES string of the molecule is Cc1cc(C)nc(SCc2ccc(-c3nnc4n3CCCCC4)cc2)n1. The van der Waals surface area contributed by atoms with E-state index < -0.39 is 0 Å². The van der Waals surface area contributed by atoms with Crippen molar-refractivity contribution >= 4 is 11.8 Å². The Balaban J connectivity index is 1.48. The number of fused-ring (bicyclic) bond motifs is 1. The fourth-order valence-corrected chi connectivity index (χ4v) is 4.26. The topological polar surface area (TPSA) is 56.5 Å². The van der Waals surface area contributed by atoms with Gasteiger partial charge in [0.1, 0.15) is 5.82 Å². The average Bonchev–Trinajstić information content (AvgIpc) is 2.88. The Kier molecular flexibility index (Phi) is 5.02. The number of nitrogens with zero attached hydrogens (tertiary/aromatic N) is 5. The molecule has 0 saturated heterocycles. The lowest BCUT2D eigenvalue weighted by molar-refractivity contribution is 0.636. The summed E-state index contributed by atoms with van der Waals surface area (Å²) in [6.45, 7) is 5.05. The highest BCUT2D eigenvalue weighted by atomic mass is 32.2. The second kappa shape index (κ2) is 7.58. The highest BCUT2D eigenvalue weighted by Crippen LogP contribution is 2.25. The van der Waals surface area contributed by atoms with Crippen molar-refractivity contribution < 1.29 is 0 Å². The normalized spacial score (nSPS) is 14.1. The Hall–Kier alpha value is -2.21. The molecule has 134 valence electrons. The number of hydrogen-bond acceptors (Lipinski definition) is 5. The van der Waals surface area contributed by atoms with Gasteiger partial charge in [-0.15, -0.1) is 10.2 Å². The largest absolute Gasteiger partial charge is 0.311 e. The Morgan fingerprint density at radius 1 is 0.962 bits per heavy atom. The first-order chi connectivity index (χ1) is 12.7. The Bertz CT molecular complexity index is 881. The fraction of sp³-hybridized carbons (Fsp3) is 0.400. The van der Waals surface area contributed by atoms with Gasteiger partial charge in [0.2, 0.25) is 0 Å². The number of rotatable bonds is 4. The molecule has 5 nitrogen and oxygen atoms in total. The van der Waals surface area contributed by atoms with Crippen molar-refractivity contribution in [3.05, 3.63) is 53.1 Å². The number of aryl methyl sites for hydroxylation is 3. The molecule has 1 aromatic carbocycles. The molecular formula is C20H23N5S. The molecule has 2 aromatic heterocycles. The zero-order chi connectivity index (χ0) is 17.9. The summed E-state index contributed by atoms with van der Waals surface area (Å²) in [7, 11) is 0. The molecule has 0 radical (unpaired) electrons. The van der Waals surface area contributed by atoms with Crippen LogP contribution in [0.3, 0.4) is 0 Å². The molecule has 0 atom stereocenters. The molecule has 3 aromatic rings. The van der Waals surface area contributed by atoms with Crippen LogP contribution in [0.2, 0.25) is 0 Å². The van der Waals surface area contributed by atoms with Gasteiger partial charge in [0, 0.05) is 35.7 Å². The van der Waals surface area contributed by atoms with Crippen LogP contribution >= 0.6 is 11.8 Å². The van der Waals surface area contributed by atoms with Gasteiger partial charge in [0.15, 0.2) is 11.0 Å². The lowest BCUT2D eigenvalue weighted by atomic mass is 10.1. The minimum absolute atomic E-state index is 0.842. The quantitative estimate of drug-likeness (QED) is 0.507. The molecule has 26 heavy (non-hydrogen) atoms. The van der Waals surface area contributed by atoms with Crippen molar-refractivity contribution in [1.82, 2.24) is 24.7 Å². The maximum absolute atomic E-state index is 4.49. The lowest BCUT2D eigenvalue weighted by Gasteiger charge is -2.08. The molecule has 0 fully saturated rings. The Morgan fingerprint density at radius 2 is 1.73 bits per heavy atom. The first kappa shape index (κ1) is 17.2. The maximum atomic E-state index is 4.49. The molecule has 0 unspecified atom stereocenters. The molecule has 3 heterocycles. The van der Waals surface area contributed by atoms with Crippen molar-refractivity contribution in [3.63, 3.8) is 0 Å². The van der Waals surface area contributed by atoms with Crippen LogP contribution in [-0.2, 0) is 18.7 Å². The summed E-state index contributed by atoms with van der Waals surface area (Å²) < 4.78 is 2.29. The van der Waals surface area contributed by atoms with Gasteiger partial charge in [-0.05, 0) is 38.3 Å². The van der Waals surface area contributed by atoms with Crippen LogP contribution in [0.15, 0.2) is 35.5 Å². The van der Waals surface area contributed by atoms with E-state index in [-0.39, 0.29) is 0 Å². The first-order valence-electron chi connectivity index (χ1n) is 9.15. The molecule has 1 aliphatic rings. The first-order valence-corrected chi connectivity index (χ1v) is 10.1. The summed E-state index contributed by atoms with van der Waals surface area (Å²) in [5.74, 6) is 2.99. The number of hydrogen-bond donors (Lipinski definition) is 0. The average molecular weight is 366 g/mol. The summed E-state index contributed by atoms with van der Waals surface area (Å²) in [5.41, 5.74) is 4.44. The van der Waals surface area contributed by atoms with Crippen LogP contribution in [0.5, 0.6) is 0 Å². The Morgan fingerprint density at radius 3 is 2.50 bits per heavy atom. The molecule has 0 bridgehead atoms. The summed E-state index contributed by atoms with van der Waals surface area (Å²) in [6, 6.07) is 10.6. The van der Waals surface area contributed by atoms with Crippen molar-refractivity contribution in [2.24, 2.45) is 0 Å². The van der Waals surface area contributed by atoms with Crippen LogP contribution < -0.4 is 0 Å². The summed E-state index contributed by atoms with van der Waals surface area (Å²) >= 11 is 1.68. The number of thioether (sulfide) groups is 1. The van der Waals surface area contributed by atoms with Crippen molar-refractivity contribution in [2.75, 3.05) is 0 Å². The third kappa shape index (κ3) is 3.80. The molecule has 0 spiro atoms. The van der Waals surface area contributed by atoms with Crippen LogP contribution in [-0.4, -0.2) is 24.7 Å². The summed E-state index contributed by atoms with van der Waals surface area (Å²) in [6.07, 6.45) is 4.74. The van der Waals surface area contributed by atoms with Gasteiger partial charge in [-0.25, -0.2) is 9.97 Å². The zero-order valence-electron chi connectivity index (χ0n) is 15.3. The summed E-state index contributed by atoms with van der Waals surface area (Å²) in [5, 5.41) is 9.68. The standard InChI is InChI=1S/C20H23N5S/c1-14-12-15(2)22-20(21-14)26-13-16-7-9-17(10-8-16)19-24-23-18-6-4-3-5-11-25(18)19/h7-10,12H,3-6,11,13H2,1-2H3. The van der Waals surface area contributed by atoms with Crippen LogP contribution in [0, 0.1) is 13.8 Å². The molecule has 4 rings (SSSR count). The summed E-state index contributed by atoms with van der Waals surface area (Å²) in [4.78, 5) is 8.99. The lowest BCUT2D eigenvalue weighted by Crippen LogP contribution is -2.02. The van der Waals surface area contributed by atoms with E-state index in [1.165, 1.54) is 24.8 Å². The second-order valence-corrected chi connectivity index (χ2v) is 7.76. The fourth-order valence-electron chi connectivity index (χ4n) is 3.35. The second-order valence-electron chi connectivity index (χ2n) is 6.82. The maximum Gasteiger partial charge on any atom is 0.188 e. The van der Waals surface area contributed by atoms with Gasteiger partial charge in [0.25, 0.3) is 0 Å². The van der Waals surface area contributed by atoms with Gasteiger partial charge >= 0.3 is 0 Å². The van der Waals surface area contributed by atoms with Gasteiger partial charge in [-0.2, -0.15) is 0 Å². The van der Waals surface area contributed by atoms with Gasteiger partial charge in [-0.3, -0.25) is 0 Å². The molecule has 0 amide bonds. The van der Waals surface area contributed by atoms with Gasteiger partial charge in [0.05, 0.1) is 0 Å². The third-order valence-electron chi connectivity index (χ3n) is 4.65. The van der Waals surface area contributed by atoms with Crippen LogP contribution in [0.25, 0.3) is 11.4 Å². The van der Waals surface area contributed by atoms with E-state index in [2.05, 4.69) is 49.0 Å². The predicted octanol–water partition coefficient (Wildman–Crippen LogP) is 4.37. The smallest absolute Gasteiger partial charge is 0.188 e. The van der Waals surface area contributed by atoms with Gasteiger partial charge in [-0.1, -0.05) is 42.4 Å². The predicted molar refractivity (Wildman–Crippen MR) is 104 cm³/mol. The van der Waals surface area contributed by atoms with Crippen molar-refractivity contribution in [3.8, 4) is 11.4 Å². The van der Waals surface area contributed by atoms with Crippen LogP contribution in [0.1, 0.15) is 42.0 Å². The molecule has 0 aliphatic carbocycles. The minimum atomic E-state index is 0.842. The van der Waals surface area contributed by atoms with E-state index >= 15 is 0 Å². The third-order valence-corrected chi connectivity index (χ3v) is 5.57. The van der Waals surface area contributed by atoms with E-state index in [4.69, 9.17) is 0 Å². The number of benzene rings is 1. The molecule has 0 saturated carbocycles. The molecule has 0 N–H and O–H groups in total. The van der Waals surface area contributed by atoms with Crippen molar-refractivity contribution in [2.45, 2.75) is 57.0 Å². The van der Waals surface area contributed by atoms with E-state index in [1.54, 1.807) is 11.8 Å². The van der Waals surface area contributed by atoms with E-state index in [0.717, 1.165) is 52.5 Å². The molecule has 1 aliphatic heterocycles. The monoisotopic (exact) mass is 365 g/mol. The van der Waals surface area contributed by atoms with E-state index in [0.29, 0.717) is 0 Å².